The molecule has 2 fully saturated rings. The first kappa shape index (κ1) is 29.7. The van der Waals surface area contributed by atoms with Crippen LogP contribution in [0.2, 0.25) is 0 Å². The second-order valence-electron chi connectivity index (χ2n) is 10.7. The van der Waals surface area contributed by atoms with Gasteiger partial charge in [-0.05, 0) is 42.7 Å². The van der Waals surface area contributed by atoms with E-state index >= 15 is 0 Å². The molecule has 2 N–H and O–H groups in total. The van der Waals surface area contributed by atoms with Gasteiger partial charge in [0.25, 0.3) is 0 Å². The van der Waals surface area contributed by atoms with Crippen LogP contribution in [0.15, 0.2) is 54.9 Å². The second-order valence-corrected chi connectivity index (χ2v) is 11.7. The Morgan fingerprint density at radius 1 is 1.02 bits per heavy atom. The van der Waals surface area contributed by atoms with E-state index in [1.54, 1.807) is 30.3 Å². The molecule has 0 bridgehead atoms. The van der Waals surface area contributed by atoms with Gasteiger partial charge in [0, 0.05) is 76.1 Å². The highest BCUT2D eigenvalue weighted by Crippen LogP contribution is 2.39. The number of rotatable bonds is 10. The fraction of sp³-hybridized carbons (Fsp3) is 0.355. The zero-order chi connectivity index (χ0) is 30.5. The van der Waals surface area contributed by atoms with Crippen LogP contribution in [0, 0.1) is 5.82 Å². The van der Waals surface area contributed by atoms with Gasteiger partial charge in [0.2, 0.25) is 0 Å². The van der Waals surface area contributed by atoms with Crippen LogP contribution in [0.4, 0.5) is 19.7 Å². The second kappa shape index (κ2) is 13.5. The van der Waals surface area contributed by atoms with E-state index in [1.807, 2.05) is 18.3 Å². The molecule has 4 aromatic rings. The Morgan fingerprint density at radius 3 is 2.59 bits per heavy atom. The lowest BCUT2D eigenvalue weighted by atomic mass is 10.2. The summed E-state index contributed by atoms with van der Waals surface area (Å²) in [6.07, 6.45) is 5.13. The van der Waals surface area contributed by atoms with Crippen molar-refractivity contribution in [3.63, 3.8) is 0 Å². The van der Waals surface area contributed by atoms with Crippen LogP contribution < -0.4 is 15.4 Å². The summed E-state index contributed by atoms with van der Waals surface area (Å²) in [5.74, 6) is -0.0563. The lowest BCUT2D eigenvalue weighted by Gasteiger charge is -2.34. The maximum atomic E-state index is 14.9. The molecule has 44 heavy (non-hydrogen) atoms. The topological polar surface area (TPSA) is 118 Å². The number of anilines is 1. The maximum absolute atomic E-state index is 14.9. The quantitative estimate of drug-likeness (QED) is 0.224. The number of fused-ring (bicyclic) bond motifs is 1. The molecule has 6 rings (SSSR count). The number of hydrogen-bond donors (Lipinski definition) is 2. The number of piperazine rings is 1. The monoisotopic (exact) mass is 620 g/mol. The Bertz CT molecular complexity index is 1620. The van der Waals surface area contributed by atoms with E-state index in [2.05, 4.69) is 26.6 Å². The Morgan fingerprint density at radius 2 is 1.86 bits per heavy atom. The molecule has 0 atom stereocenters. The number of nitrogens with zero attached hydrogens (tertiary/aromatic N) is 4. The number of halogens is 1. The van der Waals surface area contributed by atoms with Gasteiger partial charge < -0.3 is 29.7 Å². The molecule has 1 saturated heterocycles. The smallest absolute Gasteiger partial charge is 0.409 e. The third-order valence-corrected chi connectivity index (χ3v) is 8.49. The van der Waals surface area contributed by atoms with E-state index in [4.69, 9.17) is 19.2 Å². The SMILES string of the molecule is COCCOC(=O)N1CCN(Cc2ccc(-c3cc4nccc(Oc5ccc(NC(=O)NC6CC6)cc5F)c4s3)nc2)CC1. The summed E-state index contributed by atoms with van der Waals surface area (Å²) in [6.45, 7) is 4.10. The number of benzene rings is 1. The maximum Gasteiger partial charge on any atom is 0.409 e. The van der Waals surface area contributed by atoms with Crippen molar-refractivity contribution in [2.75, 3.05) is 51.8 Å². The summed E-state index contributed by atoms with van der Waals surface area (Å²) in [7, 11) is 1.57. The fourth-order valence-corrected chi connectivity index (χ4v) is 5.84. The van der Waals surface area contributed by atoms with Gasteiger partial charge in [-0.3, -0.25) is 14.9 Å². The standard InChI is InChI=1S/C31H33FN6O5S/c1-41-14-15-42-31(40)38-12-10-37(11-13-38)19-20-2-6-24(34-18-20)28-17-25-29(44-28)27(8-9-33-25)43-26-7-5-22(16-23(26)32)36-30(39)35-21-3-4-21/h2,5-9,16-18,21H,3-4,10-15,19H2,1H3,(H2,35,36,39). The van der Waals surface area contributed by atoms with Crippen molar-refractivity contribution < 1.29 is 28.2 Å². The third kappa shape index (κ3) is 7.41. The van der Waals surface area contributed by atoms with Crippen molar-refractivity contribution in [2.24, 2.45) is 0 Å². The molecule has 0 radical (unpaired) electrons. The molecular weight excluding hydrogens is 587 g/mol. The predicted molar refractivity (Wildman–Crippen MR) is 165 cm³/mol. The molecule has 1 aliphatic carbocycles. The molecule has 1 aliphatic heterocycles. The number of thiophene rings is 1. The molecule has 13 heteroatoms. The zero-order valence-corrected chi connectivity index (χ0v) is 25.1. The number of aromatic nitrogens is 2. The average molecular weight is 621 g/mol. The van der Waals surface area contributed by atoms with Crippen molar-refractivity contribution in [1.82, 2.24) is 25.1 Å². The van der Waals surface area contributed by atoms with Gasteiger partial charge >= 0.3 is 12.1 Å². The molecule has 11 nitrogen and oxygen atoms in total. The van der Waals surface area contributed by atoms with Gasteiger partial charge in [-0.15, -0.1) is 11.3 Å². The number of nitrogens with one attached hydrogen (secondary N) is 2. The lowest BCUT2D eigenvalue weighted by molar-refractivity contribution is 0.0551. The van der Waals surface area contributed by atoms with Crippen LogP contribution >= 0.6 is 11.3 Å². The van der Waals surface area contributed by atoms with Gasteiger partial charge in [0.1, 0.15) is 12.4 Å². The van der Waals surface area contributed by atoms with E-state index in [-0.39, 0.29) is 30.5 Å². The zero-order valence-electron chi connectivity index (χ0n) is 24.3. The van der Waals surface area contributed by atoms with Crippen LogP contribution in [-0.4, -0.2) is 84.4 Å². The highest BCUT2D eigenvalue weighted by atomic mass is 32.1. The summed E-state index contributed by atoms with van der Waals surface area (Å²) in [6, 6.07) is 11.9. The van der Waals surface area contributed by atoms with Gasteiger partial charge in [-0.1, -0.05) is 6.07 Å². The van der Waals surface area contributed by atoms with E-state index in [0.717, 1.165) is 58.8 Å². The molecule has 4 heterocycles. The minimum Gasteiger partial charge on any atom is -0.453 e. The van der Waals surface area contributed by atoms with Crippen molar-refractivity contribution in [1.29, 1.82) is 0 Å². The van der Waals surface area contributed by atoms with Crippen molar-refractivity contribution in [3.8, 4) is 22.1 Å². The normalized spacial score (nSPS) is 15.3. The first-order chi connectivity index (χ1) is 21.4. The number of methoxy groups -OCH3 is 1. The number of amides is 3. The molecule has 3 amide bonds. The van der Waals surface area contributed by atoms with Crippen molar-refractivity contribution in [2.45, 2.75) is 25.4 Å². The van der Waals surface area contributed by atoms with Crippen molar-refractivity contribution in [3.05, 3.63) is 66.2 Å². The Labute approximate surface area is 257 Å². The number of hydrogen-bond acceptors (Lipinski definition) is 9. The van der Waals surface area contributed by atoms with Crippen LogP contribution in [0.25, 0.3) is 20.8 Å². The fourth-order valence-electron chi connectivity index (χ4n) is 4.80. The molecule has 230 valence electrons. The average Bonchev–Trinajstić information content (AvgIpc) is 3.72. The van der Waals surface area contributed by atoms with Crippen LogP contribution in [0.3, 0.4) is 0 Å². The number of ether oxygens (including phenoxy) is 3. The van der Waals surface area contributed by atoms with Crippen LogP contribution in [0.1, 0.15) is 18.4 Å². The van der Waals surface area contributed by atoms with E-state index in [9.17, 15) is 14.0 Å². The summed E-state index contributed by atoms with van der Waals surface area (Å²) in [4.78, 5) is 38.2. The minimum atomic E-state index is -0.586. The summed E-state index contributed by atoms with van der Waals surface area (Å²) in [5.41, 5.74) is 2.95. The Kier molecular flexibility index (Phi) is 9.15. The van der Waals surface area contributed by atoms with Crippen LogP contribution in [0.5, 0.6) is 11.5 Å². The van der Waals surface area contributed by atoms with E-state index in [0.29, 0.717) is 31.1 Å². The number of pyridine rings is 2. The van der Waals surface area contributed by atoms with Gasteiger partial charge in [-0.2, -0.15) is 0 Å². The van der Waals surface area contributed by atoms with Crippen molar-refractivity contribution >= 4 is 39.4 Å². The largest absolute Gasteiger partial charge is 0.453 e. The number of carbonyl (C=O) groups is 2. The molecule has 2 aliphatic rings. The van der Waals surface area contributed by atoms with Gasteiger partial charge in [-0.25, -0.2) is 14.0 Å². The third-order valence-electron chi connectivity index (χ3n) is 7.32. The molecular formula is C31H33FN6O5S. The lowest BCUT2D eigenvalue weighted by Crippen LogP contribution is -2.48. The molecule has 1 aromatic carbocycles. The highest BCUT2D eigenvalue weighted by Gasteiger charge is 2.24. The van der Waals surface area contributed by atoms with Gasteiger partial charge in [0.05, 0.1) is 27.4 Å². The van der Waals surface area contributed by atoms with Gasteiger partial charge in [0.15, 0.2) is 11.6 Å². The highest BCUT2D eigenvalue weighted by molar-refractivity contribution is 7.22. The number of carbonyl (C=O) groups excluding carboxylic acids is 2. The number of urea groups is 1. The molecule has 3 aromatic heterocycles. The Hall–Kier alpha value is -4.33. The summed E-state index contributed by atoms with van der Waals surface area (Å²) < 4.78 is 31.8. The van der Waals surface area contributed by atoms with Crippen LogP contribution in [-0.2, 0) is 16.0 Å². The summed E-state index contributed by atoms with van der Waals surface area (Å²) >= 11 is 1.47. The molecule has 1 saturated carbocycles. The molecule has 0 spiro atoms. The van der Waals surface area contributed by atoms with E-state index in [1.165, 1.54) is 23.5 Å². The first-order valence-electron chi connectivity index (χ1n) is 14.5. The Balaban J connectivity index is 1.07. The summed E-state index contributed by atoms with van der Waals surface area (Å²) in [5, 5.41) is 5.46. The predicted octanol–water partition coefficient (Wildman–Crippen LogP) is 5.47. The van der Waals surface area contributed by atoms with E-state index < -0.39 is 5.82 Å². The minimum absolute atomic E-state index is 0.0481. The molecule has 0 unspecified atom stereocenters. The first-order valence-corrected chi connectivity index (χ1v) is 15.3.